The van der Waals surface area contributed by atoms with Crippen molar-refractivity contribution in [1.29, 1.82) is 0 Å². The number of nitrogens with two attached hydrogens (primary N) is 2. The van der Waals surface area contributed by atoms with E-state index in [1.807, 2.05) is 0 Å². The minimum absolute atomic E-state index is 0.0399. The van der Waals surface area contributed by atoms with Crippen molar-refractivity contribution in [3.63, 3.8) is 0 Å². The summed E-state index contributed by atoms with van der Waals surface area (Å²) in [6, 6.07) is -2.93. The van der Waals surface area contributed by atoms with E-state index in [-0.39, 0.29) is 36.0 Å². The highest BCUT2D eigenvalue weighted by Crippen LogP contribution is 2.11. The predicted octanol–water partition coefficient (Wildman–Crippen LogP) is -0.619. The third-order valence-corrected chi connectivity index (χ3v) is 4.29. The molecule has 0 aromatic carbocycles. The lowest BCUT2D eigenvalue weighted by atomic mass is 10.0. The molecule has 0 radical (unpaired) electrons. The Morgan fingerprint density at radius 1 is 1.08 bits per heavy atom. The maximum absolute atomic E-state index is 11.9. The molecule has 0 fully saturated rings. The van der Waals surface area contributed by atoms with E-state index < -0.39 is 36.0 Å². The second-order valence-corrected chi connectivity index (χ2v) is 6.72. The summed E-state index contributed by atoms with van der Waals surface area (Å²) < 4.78 is 0. The first kappa shape index (κ1) is 22.4. The molecule has 10 heteroatoms. The largest absolute Gasteiger partial charge is 0.481 e. The summed E-state index contributed by atoms with van der Waals surface area (Å²) in [6.07, 6.45) is 0.442. The van der Waals surface area contributed by atoms with Crippen LogP contribution in [0.1, 0.15) is 33.1 Å². The van der Waals surface area contributed by atoms with Gasteiger partial charge in [0.15, 0.2) is 0 Å². The van der Waals surface area contributed by atoms with E-state index in [9.17, 15) is 19.2 Å². The molecule has 0 spiro atoms. The van der Waals surface area contributed by atoms with Crippen LogP contribution >= 0.6 is 11.8 Å². The van der Waals surface area contributed by atoms with E-state index in [1.165, 1.54) is 0 Å². The monoisotopic (exact) mass is 363 g/mol. The van der Waals surface area contributed by atoms with E-state index in [2.05, 4.69) is 5.32 Å². The number of amides is 1. The SMILES string of the molecule is CC(C)[C@@H](NC(=O)[C@@H](N)CSC(=O)[C@@H](N)CCCC(=O)O)C(=O)O. The van der Waals surface area contributed by atoms with Gasteiger partial charge in [0.05, 0.1) is 12.1 Å². The summed E-state index contributed by atoms with van der Waals surface area (Å²) in [5, 5.41) is 19.5. The van der Waals surface area contributed by atoms with Crippen molar-refractivity contribution >= 4 is 34.7 Å². The van der Waals surface area contributed by atoms with Crippen molar-refractivity contribution in [2.45, 2.75) is 51.2 Å². The number of carbonyl (C=O) groups excluding carboxylic acids is 2. The van der Waals surface area contributed by atoms with Gasteiger partial charge >= 0.3 is 11.9 Å². The fourth-order valence-electron chi connectivity index (χ4n) is 1.72. The molecule has 0 aliphatic heterocycles. The van der Waals surface area contributed by atoms with Gasteiger partial charge in [0.25, 0.3) is 0 Å². The molecular formula is C14H25N3O6S. The van der Waals surface area contributed by atoms with Crippen molar-refractivity contribution in [2.75, 3.05) is 5.75 Å². The van der Waals surface area contributed by atoms with Crippen LogP contribution in [0, 0.1) is 5.92 Å². The summed E-state index contributed by atoms with van der Waals surface area (Å²) in [7, 11) is 0. The van der Waals surface area contributed by atoms with E-state index in [1.54, 1.807) is 13.8 Å². The molecule has 3 atom stereocenters. The van der Waals surface area contributed by atoms with Gasteiger partial charge in [-0.25, -0.2) is 4.79 Å². The first-order valence-corrected chi connectivity index (χ1v) is 8.47. The zero-order chi connectivity index (χ0) is 18.9. The zero-order valence-corrected chi connectivity index (χ0v) is 14.5. The van der Waals surface area contributed by atoms with E-state index in [0.717, 1.165) is 11.8 Å². The molecule has 0 aromatic heterocycles. The average molecular weight is 363 g/mol. The molecule has 0 aliphatic carbocycles. The summed E-state index contributed by atoms with van der Waals surface area (Å²) in [4.78, 5) is 45.1. The Labute approximate surface area is 144 Å². The van der Waals surface area contributed by atoms with Gasteiger partial charge < -0.3 is 27.0 Å². The number of carbonyl (C=O) groups is 4. The number of carboxylic acid groups (broad SMARTS) is 2. The minimum Gasteiger partial charge on any atom is -0.481 e. The molecule has 0 saturated carbocycles. The maximum Gasteiger partial charge on any atom is 0.326 e. The van der Waals surface area contributed by atoms with Crippen molar-refractivity contribution in [1.82, 2.24) is 5.32 Å². The lowest BCUT2D eigenvalue weighted by molar-refractivity contribution is -0.143. The Morgan fingerprint density at radius 2 is 1.67 bits per heavy atom. The maximum atomic E-state index is 11.9. The molecule has 0 bridgehead atoms. The van der Waals surface area contributed by atoms with Gasteiger partial charge in [-0.1, -0.05) is 25.6 Å². The Balaban J connectivity index is 4.29. The fourth-order valence-corrected chi connectivity index (χ4v) is 2.55. The summed E-state index contributed by atoms with van der Waals surface area (Å²) in [5.41, 5.74) is 11.3. The molecule has 0 heterocycles. The zero-order valence-electron chi connectivity index (χ0n) is 13.7. The number of hydrogen-bond donors (Lipinski definition) is 5. The highest BCUT2D eigenvalue weighted by Gasteiger charge is 2.26. The van der Waals surface area contributed by atoms with Crippen LogP contribution in [-0.2, 0) is 19.2 Å². The Kier molecular flexibility index (Phi) is 10.2. The molecule has 0 aromatic rings. The van der Waals surface area contributed by atoms with E-state index in [0.29, 0.717) is 0 Å². The lowest BCUT2D eigenvalue weighted by Crippen LogP contribution is -2.51. The first-order chi connectivity index (χ1) is 11.1. The molecule has 138 valence electrons. The van der Waals surface area contributed by atoms with Gasteiger partial charge in [0.1, 0.15) is 6.04 Å². The van der Waals surface area contributed by atoms with Crippen LogP contribution in [0.4, 0.5) is 0 Å². The third-order valence-electron chi connectivity index (χ3n) is 3.18. The van der Waals surface area contributed by atoms with Gasteiger partial charge in [-0.05, 0) is 18.8 Å². The fraction of sp³-hybridized carbons (Fsp3) is 0.714. The van der Waals surface area contributed by atoms with Crippen molar-refractivity contribution < 1.29 is 29.4 Å². The van der Waals surface area contributed by atoms with E-state index >= 15 is 0 Å². The molecule has 0 aliphatic rings. The third kappa shape index (κ3) is 8.85. The normalized spacial score (nSPS) is 14.7. The van der Waals surface area contributed by atoms with Gasteiger partial charge in [0.2, 0.25) is 11.0 Å². The summed E-state index contributed by atoms with van der Waals surface area (Å²) in [6.45, 7) is 3.30. The molecule has 0 saturated heterocycles. The predicted molar refractivity (Wildman–Crippen MR) is 89.3 cm³/mol. The molecule has 0 rings (SSSR count). The standard InChI is InChI=1S/C14H25N3O6S/c1-7(2)11(13(21)22)17-12(20)9(16)6-24-14(23)8(15)4-3-5-10(18)19/h7-9,11H,3-6,15-16H2,1-2H3,(H,17,20)(H,18,19)(H,21,22)/t8-,9-,11+/m0/s1. The van der Waals surface area contributed by atoms with Crippen molar-refractivity contribution in [3.05, 3.63) is 0 Å². The molecular weight excluding hydrogens is 338 g/mol. The van der Waals surface area contributed by atoms with E-state index in [4.69, 9.17) is 21.7 Å². The number of hydrogen-bond acceptors (Lipinski definition) is 7. The number of carboxylic acids is 2. The van der Waals surface area contributed by atoms with Crippen molar-refractivity contribution in [2.24, 2.45) is 17.4 Å². The number of aliphatic carboxylic acids is 2. The number of nitrogens with one attached hydrogen (secondary N) is 1. The number of rotatable bonds is 11. The van der Waals surface area contributed by atoms with Gasteiger partial charge in [-0.3, -0.25) is 14.4 Å². The van der Waals surface area contributed by atoms with Gasteiger partial charge in [-0.15, -0.1) is 0 Å². The molecule has 9 nitrogen and oxygen atoms in total. The van der Waals surface area contributed by atoms with Gasteiger partial charge in [-0.2, -0.15) is 0 Å². The minimum atomic E-state index is -1.16. The Bertz CT molecular complexity index is 471. The highest BCUT2D eigenvalue weighted by molar-refractivity contribution is 8.13. The average Bonchev–Trinajstić information content (AvgIpc) is 2.48. The topological polar surface area (TPSA) is 173 Å². The van der Waals surface area contributed by atoms with Gasteiger partial charge in [0, 0.05) is 12.2 Å². The quantitative estimate of drug-likeness (QED) is 0.320. The molecule has 1 amide bonds. The number of thioether (sulfide) groups is 1. The van der Waals surface area contributed by atoms with Crippen LogP contribution < -0.4 is 16.8 Å². The Morgan fingerprint density at radius 3 is 2.12 bits per heavy atom. The molecule has 7 N–H and O–H groups in total. The van der Waals surface area contributed by atoms with Crippen LogP contribution in [0.25, 0.3) is 0 Å². The van der Waals surface area contributed by atoms with Crippen LogP contribution in [-0.4, -0.2) is 57.1 Å². The van der Waals surface area contributed by atoms with Crippen LogP contribution in [0.5, 0.6) is 0 Å². The van der Waals surface area contributed by atoms with Crippen LogP contribution in [0.3, 0.4) is 0 Å². The smallest absolute Gasteiger partial charge is 0.326 e. The van der Waals surface area contributed by atoms with Crippen LogP contribution in [0.15, 0.2) is 0 Å². The molecule has 24 heavy (non-hydrogen) atoms. The van der Waals surface area contributed by atoms with Crippen LogP contribution in [0.2, 0.25) is 0 Å². The lowest BCUT2D eigenvalue weighted by Gasteiger charge is -2.20. The highest BCUT2D eigenvalue weighted by atomic mass is 32.2. The van der Waals surface area contributed by atoms with Crippen molar-refractivity contribution in [3.8, 4) is 0 Å². The molecule has 0 unspecified atom stereocenters. The summed E-state index contributed by atoms with van der Waals surface area (Å²) in [5.74, 6) is -3.12. The second kappa shape index (κ2) is 11.0. The summed E-state index contributed by atoms with van der Waals surface area (Å²) >= 11 is 0.779. The second-order valence-electron chi connectivity index (χ2n) is 5.70. The Hall–Kier alpha value is -1.65. The first-order valence-electron chi connectivity index (χ1n) is 7.49.